The van der Waals surface area contributed by atoms with E-state index >= 15 is 0 Å². The maximum atomic E-state index is 4.43. The Hall–Kier alpha value is -0.350. The average Bonchev–Trinajstić information content (AvgIpc) is 2.51. The Morgan fingerprint density at radius 1 is 1.35 bits per heavy atom. The van der Waals surface area contributed by atoms with Gasteiger partial charge in [0.2, 0.25) is 0 Å². The summed E-state index contributed by atoms with van der Waals surface area (Å²) < 4.78 is 3.17. The molecule has 1 N–H and O–H groups in total. The number of nitrogens with zero attached hydrogens (tertiary/aromatic N) is 2. The third kappa shape index (κ3) is 4.11. The molecular weight excluding hydrogens is 278 g/mol. The van der Waals surface area contributed by atoms with Crippen molar-refractivity contribution in [3.63, 3.8) is 0 Å². The molecule has 4 heteroatoms. The second-order valence-corrected chi connectivity index (χ2v) is 5.34. The Morgan fingerprint density at radius 3 is 2.53 bits per heavy atom. The third-order valence-corrected chi connectivity index (χ3v) is 4.15. The van der Waals surface area contributed by atoms with E-state index in [4.69, 9.17) is 0 Å². The SMILES string of the molecule is CCCC(CCc1c(Br)c(C)nn1C)NCC. The van der Waals surface area contributed by atoms with Crippen LogP contribution in [0.2, 0.25) is 0 Å². The van der Waals surface area contributed by atoms with Crippen molar-refractivity contribution in [3.8, 4) is 0 Å². The fraction of sp³-hybridized carbons (Fsp3) is 0.769. The molecule has 0 aliphatic rings. The van der Waals surface area contributed by atoms with E-state index in [1.54, 1.807) is 0 Å². The van der Waals surface area contributed by atoms with Crippen molar-refractivity contribution >= 4 is 15.9 Å². The highest BCUT2D eigenvalue weighted by atomic mass is 79.9. The van der Waals surface area contributed by atoms with Gasteiger partial charge in [-0.3, -0.25) is 4.68 Å². The van der Waals surface area contributed by atoms with Gasteiger partial charge in [-0.05, 0) is 48.7 Å². The summed E-state index contributed by atoms with van der Waals surface area (Å²) in [5, 5.41) is 7.98. The molecule has 0 bridgehead atoms. The van der Waals surface area contributed by atoms with Crippen molar-refractivity contribution in [2.24, 2.45) is 7.05 Å². The molecule has 0 spiro atoms. The number of rotatable bonds is 7. The first-order valence-electron chi connectivity index (χ1n) is 6.51. The smallest absolute Gasteiger partial charge is 0.0738 e. The molecule has 1 rings (SSSR count). The zero-order chi connectivity index (χ0) is 12.8. The minimum Gasteiger partial charge on any atom is -0.314 e. The van der Waals surface area contributed by atoms with E-state index < -0.39 is 0 Å². The predicted octanol–water partition coefficient (Wildman–Crippen LogP) is 3.20. The third-order valence-electron chi connectivity index (χ3n) is 3.12. The molecule has 98 valence electrons. The summed E-state index contributed by atoms with van der Waals surface area (Å²) in [5.74, 6) is 0. The Morgan fingerprint density at radius 2 is 2.06 bits per heavy atom. The summed E-state index contributed by atoms with van der Waals surface area (Å²) in [4.78, 5) is 0. The lowest BCUT2D eigenvalue weighted by Crippen LogP contribution is -2.29. The minimum absolute atomic E-state index is 0.632. The number of hydrogen-bond acceptors (Lipinski definition) is 2. The van der Waals surface area contributed by atoms with Crippen LogP contribution in [0.3, 0.4) is 0 Å². The van der Waals surface area contributed by atoms with Gasteiger partial charge in [-0.2, -0.15) is 5.10 Å². The van der Waals surface area contributed by atoms with Crippen LogP contribution in [0.1, 0.15) is 44.5 Å². The van der Waals surface area contributed by atoms with Crippen LogP contribution in [-0.2, 0) is 13.5 Å². The molecule has 0 aliphatic heterocycles. The lowest BCUT2D eigenvalue weighted by Gasteiger charge is -2.17. The van der Waals surface area contributed by atoms with Gasteiger partial charge in [0, 0.05) is 13.1 Å². The van der Waals surface area contributed by atoms with Crippen molar-refractivity contribution in [2.45, 2.75) is 52.5 Å². The van der Waals surface area contributed by atoms with E-state index in [-0.39, 0.29) is 0 Å². The number of hydrogen-bond donors (Lipinski definition) is 1. The first-order chi connectivity index (χ1) is 8.10. The molecule has 0 radical (unpaired) electrons. The fourth-order valence-electron chi connectivity index (χ4n) is 2.25. The van der Waals surface area contributed by atoms with Crippen molar-refractivity contribution in [1.82, 2.24) is 15.1 Å². The van der Waals surface area contributed by atoms with Crippen molar-refractivity contribution in [1.29, 1.82) is 0 Å². The zero-order valence-electron chi connectivity index (χ0n) is 11.4. The molecule has 0 amide bonds. The van der Waals surface area contributed by atoms with E-state index in [1.807, 2.05) is 18.7 Å². The highest BCUT2D eigenvalue weighted by Gasteiger charge is 2.13. The summed E-state index contributed by atoms with van der Waals surface area (Å²) in [5.41, 5.74) is 2.39. The molecule has 1 atom stereocenters. The first kappa shape index (κ1) is 14.7. The highest BCUT2D eigenvalue weighted by Crippen LogP contribution is 2.22. The van der Waals surface area contributed by atoms with Gasteiger partial charge in [0.25, 0.3) is 0 Å². The normalized spacial score (nSPS) is 13.0. The topological polar surface area (TPSA) is 29.9 Å². The summed E-state index contributed by atoms with van der Waals surface area (Å²) >= 11 is 3.63. The van der Waals surface area contributed by atoms with Crippen LogP contribution >= 0.6 is 15.9 Å². The van der Waals surface area contributed by atoms with Crippen LogP contribution in [-0.4, -0.2) is 22.4 Å². The Bertz CT molecular complexity index is 341. The van der Waals surface area contributed by atoms with Crippen LogP contribution in [0.5, 0.6) is 0 Å². The summed E-state index contributed by atoms with van der Waals surface area (Å²) in [6.07, 6.45) is 4.75. The van der Waals surface area contributed by atoms with Gasteiger partial charge in [0.1, 0.15) is 0 Å². The standard InChI is InChI=1S/C13H24BrN3/c1-5-7-11(15-6-2)8-9-12-13(14)10(3)16-17(12)4/h11,15H,5-9H2,1-4H3. The van der Waals surface area contributed by atoms with Gasteiger partial charge >= 0.3 is 0 Å². The monoisotopic (exact) mass is 301 g/mol. The van der Waals surface area contributed by atoms with E-state index in [1.165, 1.54) is 29.4 Å². The number of aromatic nitrogens is 2. The fourth-order valence-corrected chi connectivity index (χ4v) is 2.78. The van der Waals surface area contributed by atoms with Gasteiger partial charge in [-0.1, -0.05) is 20.3 Å². The lowest BCUT2D eigenvalue weighted by molar-refractivity contribution is 0.454. The van der Waals surface area contributed by atoms with Gasteiger partial charge in [-0.15, -0.1) is 0 Å². The highest BCUT2D eigenvalue weighted by molar-refractivity contribution is 9.10. The van der Waals surface area contributed by atoms with Crippen molar-refractivity contribution < 1.29 is 0 Å². The molecule has 0 saturated carbocycles. The molecule has 1 heterocycles. The molecule has 0 aromatic carbocycles. The molecule has 1 aromatic rings. The second-order valence-electron chi connectivity index (χ2n) is 4.55. The first-order valence-corrected chi connectivity index (χ1v) is 7.30. The number of nitrogens with one attached hydrogen (secondary N) is 1. The average molecular weight is 302 g/mol. The summed E-state index contributed by atoms with van der Waals surface area (Å²) in [6, 6.07) is 0.632. The molecule has 0 saturated heterocycles. The van der Waals surface area contributed by atoms with Crippen LogP contribution in [0.15, 0.2) is 4.47 Å². The summed E-state index contributed by atoms with van der Waals surface area (Å²) in [7, 11) is 2.02. The summed E-state index contributed by atoms with van der Waals surface area (Å²) in [6.45, 7) is 7.51. The molecule has 1 unspecified atom stereocenters. The van der Waals surface area contributed by atoms with Crippen LogP contribution < -0.4 is 5.32 Å². The van der Waals surface area contributed by atoms with Crippen molar-refractivity contribution in [3.05, 3.63) is 15.9 Å². The molecule has 17 heavy (non-hydrogen) atoms. The van der Waals surface area contributed by atoms with Crippen LogP contribution in [0, 0.1) is 6.92 Å². The molecule has 3 nitrogen and oxygen atoms in total. The number of halogens is 1. The maximum Gasteiger partial charge on any atom is 0.0738 e. The maximum absolute atomic E-state index is 4.43. The van der Waals surface area contributed by atoms with Gasteiger partial charge < -0.3 is 5.32 Å². The van der Waals surface area contributed by atoms with E-state index in [9.17, 15) is 0 Å². The van der Waals surface area contributed by atoms with Crippen LogP contribution in [0.25, 0.3) is 0 Å². The predicted molar refractivity (Wildman–Crippen MR) is 76.3 cm³/mol. The van der Waals surface area contributed by atoms with Gasteiger partial charge in [0.05, 0.1) is 15.9 Å². The number of aryl methyl sites for hydroxylation is 2. The van der Waals surface area contributed by atoms with Gasteiger partial charge in [-0.25, -0.2) is 0 Å². The molecule has 0 fully saturated rings. The Labute approximate surface area is 113 Å². The second kappa shape index (κ2) is 7.17. The lowest BCUT2D eigenvalue weighted by atomic mass is 10.0. The Kier molecular flexibility index (Phi) is 6.20. The minimum atomic E-state index is 0.632. The van der Waals surface area contributed by atoms with Crippen LogP contribution in [0.4, 0.5) is 0 Å². The van der Waals surface area contributed by atoms with Gasteiger partial charge in [0.15, 0.2) is 0 Å². The zero-order valence-corrected chi connectivity index (χ0v) is 13.0. The molecular formula is C13H24BrN3. The molecule has 0 aliphatic carbocycles. The quantitative estimate of drug-likeness (QED) is 0.838. The Balaban J connectivity index is 2.58. The molecule has 1 aromatic heterocycles. The largest absolute Gasteiger partial charge is 0.314 e. The van der Waals surface area contributed by atoms with E-state index in [2.05, 4.69) is 40.2 Å². The van der Waals surface area contributed by atoms with Crippen molar-refractivity contribution in [2.75, 3.05) is 6.54 Å². The van der Waals surface area contributed by atoms with E-state index in [0.29, 0.717) is 6.04 Å². The van der Waals surface area contributed by atoms with E-state index in [0.717, 1.165) is 18.7 Å².